The molecule has 0 aromatic carbocycles. The molecule has 0 bridgehead atoms. The third kappa shape index (κ3) is 2.87. The zero-order chi connectivity index (χ0) is 11.4. The highest BCUT2D eigenvalue weighted by Crippen LogP contribution is 2.11. The summed E-state index contributed by atoms with van der Waals surface area (Å²) in [7, 11) is 0. The molecule has 0 unspecified atom stereocenters. The third-order valence-electron chi connectivity index (χ3n) is 1.96. The van der Waals surface area contributed by atoms with E-state index in [0.717, 1.165) is 4.90 Å². The Balaban J connectivity index is 2.47. The van der Waals surface area contributed by atoms with Gasteiger partial charge in [-0.15, -0.1) is 0 Å². The van der Waals surface area contributed by atoms with E-state index in [2.05, 4.69) is 4.74 Å². The molecule has 1 aliphatic rings. The molecular formula is C9H11NO5. The molecule has 0 aliphatic carbocycles. The molecule has 0 aromatic heterocycles. The van der Waals surface area contributed by atoms with Gasteiger partial charge in [0.05, 0.1) is 0 Å². The van der Waals surface area contributed by atoms with Crippen molar-refractivity contribution in [1.29, 1.82) is 0 Å². The number of hydrogen-bond donors (Lipinski definition) is 0. The lowest BCUT2D eigenvalue weighted by atomic mass is 10.4. The van der Waals surface area contributed by atoms with Crippen LogP contribution in [-0.4, -0.2) is 35.2 Å². The molecule has 1 rings (SSSR count). The van der Waals surface area contributed by atoms with Crippen molar-refractivity contribution in [2.75, 3.05) is 6.54 Å². The number of hydrogen-bond acceptors (Lipinski definition) is 5. The molecule has 0 N–H and O–H groups in total. The minimum Gasteiger partial charge on any atom is -0.392 e. The molecule has 2 amide bonds. The van der Waals surface area contributed by atoms with Crippen LogP contribution in [0.15, 0.2) is 0 Å². The van der Waals surface area contributed by atoms with Gasteiger partial charge in [0.1, 0.15) is 6.54 Å². The standard InChI is InChI=1S/C9H11NO5/c1-2-8(13)15-9(14)5-10-6(11)3-4-7(10)12/h2-5H2,1H3. The Morgan fingerprint density at radius 1 is 1.20 bits per heavy atom. The number of rotatable bonds is 3. The lowest BCUT2D eigenvalue weighted by Crippen LogP contribution is -2.35. The highest BCUT2D eigenvalue weighted by atomic mass is 16.6. The molecule has 6 heteroatoms. The maximum Gasteiger partial charge on any atom is 0.333 e. The van der Waals surface area contributed by atoms with E-state index in [1.165, 1.54) is 0 Å². The second kappa shape index (κ2) is 4.68. The molecule has 1 heterocycles. The minimum absolute atomic E-state index is 0.0770. The van der Waals surface area contributed by atoms with Crippen LogP contribution in [0, 0.1) is 0 Å². The first kappa shape index (κ1) is 11.4. The summed E-state index contributed by atoms with van der Waals surface area (Å²) >= 11 is 0. The van der Waals surface area contributed by atoms with Crippen molar-refractivity contribution in [2.45, 2.75) is 26.2 Å². The smallest absolute Gasteiger partial charge is 0.333 e. The van der Waals surface area contributed by atoms with Crippen molar-refractivity contribution >= 4 is 23.8 Å². The number of esters is 2. The largest absolute Gasteiger partial charge is 0.392 e. The first-order chi connectivity index (χ1) is 7.04. The number of carbonyl (C=O) groups is 4. The quantitative estimate of drug-likeness (QED) is 0.362. The number of amides is 2. The topological polar surface area (TPSA) is 80.8 Å². The molecule has 1 aliphatic heterocycles. The number of imide groups is 1. The summed E-state index contributed by atoms with van der Waals surface area (Å²) in [6.07, 6.45) is 0.315. The van der Waals surface area contributed by atoms with Crippen molar-refractivity contribution in [2.24, 2.45) is 0 Å². The first-order valence-corrected chi connectivity index (χ1v) is 4.61. The van der Waals surface area contributed by atoms with E-state index in [4.69, 9.17) is 0 Å². The first-order valence-electron chi connectivity index (χ1n) is 4.61. The molecule has 82 valence electrons. The van der Waals surface area contributed by atoms with Crippen LogP contribution < -0.4 is 0 Å². The van der Waals surface area contributed by atoms with E-state index in [-0.39, 0.29) is 19.3 Å². The zero-order valence-electron chi connectivity index (χ0n) is 8.32. The molecule has 0 atom stereocenters. The van der Waals surface area contributed by atoms with Crippen LogP contribution in [0.2, 0.25) is 0 Å². The molecule has 0 spiro atoms. The van der Waals surface area contributed by atoms with Gasteiger partial charge >= 0.3 is 11.9 Å². The molecule has 1 fully saturated rings. The van der Waals surface area contributed by atoms with Gasteiger partial charge in [-0.1, -0.05) is 6.92 Å². The van der Waals surface area contributed by atoms with E-state index in [1.807, 2.05) is 0 Å². The third-order valence-corrected chi connectivity index (χ3v) is 1.96. The number of nitrogens with zero attached hydrogens (tertiary/aromatic N) is 1. The van der Waals surface area contributed by atoms with Gasteiger partial charge in [-0.3, -0.25) is 19.3 Å². The van der Waals surface area contributed by atoms with E-state index in [9.17, 15) is 19.2 Å². The number of likely N-dealkylation sites (tertiary alicyclic amines) is 1. The Hall–Kier alpha value is -1.72. The molecule has 15 heavy (non-hydrogen) atoms. The SMILES string of the molecule is CCC(=O)OC(=O)CN1C(=O)CCC1=O. The van der Waals surface area contributed by atoms with Crippen molar-refractivity contribution in [3.63, 3.8) is 0 Å². The normalized spacial score (nSPS) is 15.7. The van der Waals surface area contributed by atoms with E-state index in [1.54, 1.807) is 6.92 Å². The van der Waals surface area contributed by atoms with E-state index < -0.39 is 30.3 Å². The van der Waals surface area contributed by atoms with Crippen LogP contribution in [0.1, 0.15) is 26.2 Å². The summed E-state index contributed by atoms with van der Waals surface area (Å²) in [6, 6.07) is 0. The maximum atomic E-state index is 11.1. The van der Waals surface area contributed by atoms with Crippen LogP contribution in [0.3, 0.4) is 0 Å². The lowest BCUT2D eigenvalue weighted by molar-refractivity contribution is -0.163. The van der Waals surface area contributed by atoms with E-state index >= 15 is 0 Å². The van der Waals surface area contributed by atoms with Crippen LogP contribution >= 0.6 is 0 Å². The lowest BCUT2D eigenvalue weighted by Gasteiger charge is -2.11. The Morgan fingerprint density at radius 3 is 2.20 bits per heavy atom. The molecule has 0 radical (unpaired) electrons. The summed E-state index contributed by atoms with van der Waals surface area (Å²) in [5.41, 5.74) is 0. The predicted octanol–water partition coefficient (Wildman–Crippen LogP) is -0.385. The molecular weight excluding hydrogens is 202 g/mol. The summed E-state index contributed by atoms with van der Waals surface area (Å²) in [6.45, 7) is 1.07. The van der Waals surface area contributed by atoms with E-state index in [0.29, 0.717) is 0 Å². The monoisotopic (exact) mass is 213 g/mol. The van der Waals surface area contributed by atoms with Crippen molar-refractivity contribution in [3.05, 3.63) is 0 Å². The van der Waals surface area contributed by atoms with Crippen LogP contribution in [0.4, 0.5) is 0 Å². The average molecular weight is 213 g/mol. The summed E-state index contributed by atoms with van der Waals surface area (Å²) in [5.74, 6) is -2.34. The van der Waals surface area contributed by atoms with Gasteiger partial charge < -0.3 is 4.74 Å². The Kier molecular flexibility index (Phi) is 3.54. The van der Waals surface area contributed by atoms with Crippen molar-refractivity contribution < 1.29 is 23.9 Å². The second-order valence-electron chi connectivity index (χ2n) is 3.07. The summed E-state index contributed by atoms with van der Waals surface area (Å²) in [5, 5.41) is 0. The highest BCUT2D eigenvalue weighted by molar-refractivity contribution is 6.04. The Labute approximate surface area is 86.2 Å². The number of ether oxygens (including phenoxy) is 1. The van der Waals surface area contributed by atoms with Gasteiger partial charge in [0.25, 0.3) is 0 Å². The Morgan fingerprint density at radius 2 is 1.73 bits per heavy atom. The fourth-order valence-corrected chi connectivity index (χ4v) is 1.16. The van der Waals surface area contributed by atoms with Crippen LogP contribution in [0.5, 0.6) is 0 Å². The van der Waals surface area contributed by atoms with Gasteiger partial charge in [0, 0.05) is 19.3 Å². The van der Waals surface area contributed by atoms with Crippen molar-refractivity contribution in [3.8, 4) is 0 Å². The van der Waals surface area contributed by atoms with Crippen molar-refractivity contribution in [1.82, 2.24) is 4.90 Å². The fraction of sp³-hybridized carbons (Fsp3) is 0.556. The van der Waals surface area contributed by atoms with Crippen LogP contribution in [0.25, 0.3) is 0 Å². The summed E-state index contributed by atoms with van der Waals surface area (Å²) < 4.78 is 4.33. The van der Waals surface area contributed by atoms with Gasteiger partial charge in [-0.05, 0) is 0 Å². The number of carbonyl (C=O) groups excluding carboxylic acids is 4. The zero-order valence-corrected chi connectivity index (χ0v) is 8.32. The van der Waals surface area contributed by atoms with Gasteiger partial charge in [0.2, 0.25) is 11.8 Å². The molecule has 6 nitrogen and oxygen atoms in total. The second-order valence-corrected chi connectivity index (χ2v) is 3.07. The molecule has 1 saturated heterocycles. The van der Waals surface area contributed by atoms with Gasteiger partial charge in [-0.2, -0.15) is 0 Å². The predicted molar refractivity (Wildman–Crippen MR) is 47.3 cm³/mol. The molecule has 0 aromatic rings. The fourth-order valence-electron chi connectivity index (χ4n) is 1.16. The maximum absolute atomic E-state index is 11.1. The van der Waals surface area contributed by atoms with Crippen LogP contribution in [-0.2, 0) is 23.9 Å². The highest BCUT2D eigenvalue weighted by Gasteiger charge is 2.31. The van der Waals surface area contributed by atoms with Gasteiger partial charge in [-0.25, -0.2) is 4.79 Å². The molecule has 0 saturated carbocycles. The average Bonchev–Trinajstić information content (AvgIpc) is 2.49. The van der Waals surface area contributed by atoms with Gasteiger partial charge in [0.15, 0.2) is 0 Å². The Bertz CT molecular complexity index is 306. The minimum atomic E-state index is -0.870. The summed E-state index contributed by atoms with van der Waals surface area (Å²) in [4.78, 5) is 44.8.